The van der Waals surface area contributed by atoms with Gasteiger partial charge in [-0.2, -0.15) is 0 Å². The SMILES string of the molecule is CCC/C=C/CCCC[N+](CCC(C)C(=O)[O-])(CCC(C)C(=O)O)CCC(C)C(=O)O. The second-order valence-electron chi connectivity index (χ2n) is 9.06. The fraction of sp³-hybridized carbons (Fsp3) is 0.792. The van der Waals surface area contributed by atoms with E-state index in [1.54, 1.807) is 20.8 Å². The molecule has 0 aromatic carbocycles. The molecule has 0 aliphatic carbocycles. The summed E-state index contributed by atoms with van der Waals surface area (Å²) in [5, 5.41) is 29.8. The van der Waals surface area contributed by atoms with E-state index < -0.39 is 35.7 Å². The Morgan fingerprint density at radius 2 is 1.23 bits per heavy atom. The number of carboxylic acids is 3. The standard InChI is InChI=1S/C24H43NO6/c1-5-6-7-8-9-10-11-15-25(16-12-19(2)22(26)27,17-13-20(3)23(28)29)18-14-21(4)24(30)31/h7-8,19-21H,5-6,9-18H2,1-4H3,(H2-,26,27,28,29,30,31)/b8-7+. The molecule has 0 fully saturated rings. The van der Waals surface area contributed by atoms with Gasteiger partial charge in [0, 0.05) is 31.1 Å². The maximum absolute atomic E-state index is 11.3. The summed E-state index contributed by atoms with van der Waals surface area (Å²) in [5.74, 6) is -4.36. The van der Waals surface area contributed by atoms with Gasteiger partial charge in [0.25, 0.3) is 0 Å². The van der Waals surface area contributed by atoms with Crippen molar-refractivity contribution in [3.05, 3.63) is 12.2 Å². The highest BCUT2D eigenvalue weighted by molar-refractivity contribution is 5.69. The number of carbonyl (C=O) groups excluding carboxylic acids is 1. The molecule has 0 aromatic rings. The number of quaternary nitrogens is 1. The van der Waals surface area contributed by atoms with Gasteiger partial charge in [-0.25, -0.2) is 0 Å². The van der Waals surface area contributed by atoms with Crippen LogP contribution in [0, 0.1) is 17.8 Å². The van der Waals surface area contributed by atoms with Gasteiger partial charge >= 0.3 is 11.9 Å². The quantitative estimate of drug-likeness (QED) is 0.180. The minimum atomic E-state index is -1.09. The van der Waals surface area contributed by atoms with Crippen molar-refractivity contribution in [3.63, 3.8) is 0 Å². The van der Waals surface area contributed by atoms with Gasteiger partial charge in [-0.05, 0) is 25.7 Å². The number of hydrogen-bond acceptors (Lipinski definition) is 4. The van der Waals surface area contributed by atoms with Crippen molar-refractivity contribution in [2.24, 2.45) is 17.8 Å². The molecule has 0 aliphatic heterocycles. The lowest BCUT2D eigenvalue weighted by molar-refractivity contribution is -0.929. The summed E-state index contributed by atoms with van der Waals surface area (Å²) in [4.78, 5) is 33.9. The maximum atomic E-state index is 11.3. The predicted molar refractivity (Wildman–Crippen MR) is 119 cm³/mol. The van der Waals surface area contributed by atoms with Gasteiger partial charge < -0.3 is 24.6 Å². The van der Waals surface area contributed by atoms with Crippen molar-refractivity contribution in [2.75, 3.05) is 26.2 Å². The molecule has 0 aliphatic rings. The van der Waals surface area contributed by atoms with E-state index in [2.05, 4.69) is 19.1 Å². The Bertz CT molecular complexity index is 515. The molecule has 2 N–H and O–H groups in total. The molecule has 3 unspecified atom stereocenters. The first-order valence-corrected chi connectivity index (χ1v) is 11.7. The molecule has 0 rings (SSSR count). The predicted octanol–water partition coefficient (Wildman–Crippen LogP) is 3.33. The summed E-state index contributed by atoms with van der Waals surface area (Å²) >= 11 is 0. The van der Waals surface area contributed by atoms with Crippen molar-refractivity contribution in [1.82, 2.24) is 0 Å². The molecule has 0 bridgehead atoms. The van der Waals surface area contributed by atoms with E-state index in [0.29, 0.717) is 43.4 Å². The lowest BCUT2D eigenvalue weighted by Gasteiger charge is -2.41. The Hall–Kier alpha value is -1.89. The number of unbranched alkanes of at least 4 members (excludes halogenated alkanes) is 3. The van der Waals surface area contributed by atoms with E-state index in [-0.39, 0.29) is 0 Å². The van der Waals surface area contributed by atoms with Gasteiger partial charge in [0.05, 0.1) is 38.0 Å². The highest BCUT2D eigenvalue weighted by Gasteiger charge is 2.30. The van der Waals surface area contributed by atoms with Crippen LogP contribution >= 0.6 is 0 Å². The van der Waals surface area contributed by atoms with Crippen LogP contribution in [0.15, 0.2) is 12.2 Å². The minimum Gasteiger partial charge on any atom is -0.550 e. The van der Waals surface area contributed by atoms with Gasteiger partial charge in [0.1, 0.15) is 0 Å². The van der Waals surface area contributed by atoms with Crippen LogP contribution in [0.3, 0.4) is 0 Å². The molecule has 3 atom stereocenters. The monoisotopic (exact) mass is 441 g/mol. The van der Waals surface area contributed by atoms with E-state index >= 15 is 0 Å². The number of hydrogen-bond donors (Lipinski definition) is 2. The van der Waals surface area contributed by atoms with E-state index in [1.807, 2.05) is 0 Å². The molecular weight excluding hydrogens is 398 g/mol. The number of rotatable bonds is 19. The third kappa shape index (κ3) is 13.2. The second kappa shape index (κ2) is 15.8. The Morgan fingerprint density at radius 3 is 1.65 bits per heavy atom. The first-order valence-electron chi connectivity index (χ1n) is 11.7. The molecule has 0 spiro atoms. The minimum absolute atomic E-state index is 0.432. The Kier molecular flexibility index (Phi) is 14.9. The largest absolute Gasteiger partial charge is 0.550 e. The molecule has 0 saturated carbocycles. The smallest absolute Gasteiger partial charge is 0.306 e. The van der Waals surface area contributed by atoms with Crippen LogP contribution in [0.4, 0.5) is 0 Å². The van der Waals surface area contributed by atoms with Crippen molar-refractivity contribution in [2.45, 2.75) is 79.1 Å². The zero-order valence-corrected chi connectivity index (χ0v) is 19.8. The van der Waals surface area contributed by atoms with Crippen molar-refractivity contribution in [3.8, 4) is 0 Å². The van der Waals surface area contributed by atoms with E-state index in [4.69, 9.17) is 0 Å². The molecule has 0 amide bonds. The van der Waals surface area contributed by atoms with Crippen LogP contribution in [0.2, 0.25) is 0 Å². The van der Waals surface area contributed by atoms with Gasteiger partial charge in [-0.1, -0.05) is 46.3 Å². The highest BCUT2D eigenvalue weighted by Crippen LogP contribution is 2.21. The number of aliphatic carboxylic acids is 3. The topological polar surface area (TPSA) is 115 Å². The molecule has 0 aromatic heterocycles. The molecule has 7 heteroatoms. The van der Waals surface area contributed by atoms with Crippen molar-refractivity contribution in [1.29, 1.82) is 0 Å². The molecule has 0 saturated heterocycles. The summed E-state index contributed by atoms with van der Waals surface area (Å²) < 4.78 is 0.561. The first kappa shape index (κ1) is 29.1. The number of carboxylic acid groups (broad SMARTS) is 3. The Balaban J connectivity index is 5.33. The zero-order chi connectivity index (χ0) is 23.9. The van der Waals surface area contributed by atoms with Crippen LogP contribution in [0.5, 0.6) is 0 Å². The Morgan fingerprint density at radius 1 is 0.774 bits per heavy atom. The molecule has 0 heterocycles. The average molecular weight is 442 g/mol. The number of carbonyl (C=O) groups is 3. The molecule has 31 heavy (non-hydrogen) atoms. The van der Waals surface area contributed by atoms with Gasteiger partial charge in [0.2, 0.25) is 0 Å². The molecular formula is C24H43NO6. The third-order valence-electron chi connectivity index (χ3n) is 6.23. The summed E-state index contributed by atoms with van der Waals surface area (Å²) in [6, 6.07) is 0. The maximum Gasteiger partial charge on any atom is 0.306 e. The van der Waals surface area contributed by atoms with Crippen LogP contribution in [-0.2, 0) is 14.4 Å². The normalized spacial score (nSPS) is 16.5. The molecule has 180 valence electrons. The lowest BCUT2D eigenvalue weighted by Crippen LogP contribution is -2.52. The third-order valence-corrected chi connectivity index (χ3v) is 6.23. The van der Waals surface area contributed by atoms with Gasteiger partial charge in [-0.15, -0.1) is 0 Å². The molecule has 7 nitrogen and oxygen atoms in total. The average Bonchev–Trinajstić information content (AvgIpc) is 2.72. The van der Waals surface area contributed by atoms with Crippen LogP contribution in [-0.4, -0.2) is 58.8 Å². The lowest BCUT2D eigenvalue weighted by atomic mass is 10.0. The first-order chi connectivity index (χ1) is 14.5. The Labute approximate surface area is 187 Å². The van der Waals surface area contributed by atoms with Crippen LogP contribution in [0.1, 0.15) is 79.1 Å². The highest BCUT2D eigenvalue weighted by atomic mass is 16.4. The van der Waals surface area contributed by atoms with Crippen molar-refractivity contribution < 1.29 is 34.2 Å². The van der Waals surface area contributed by atoms with E-state index in [1.165, 1.54) is 0 Å². The summed E-state index contributed by atoms with van der Waals surface area (Å²) in [6.07, 6.45) is 10.9. The van der Waals surface area contributed by atoms with E-state index in [0.717, 1.165) is 38.6 Å². The fourth-order valence-electron chi connectivity index (χ4n) is 3.55. The van der Waals surface area contributed by atoms with Gasteiger partial charge in [-0.3, -0.25) is 9.59 Å². The zero-order valence-electron chi connectivity index (χ0n) is 19.8. The van der Waals surface area contributed by atoms with Crippen LogP contribution < -0.4 is 5.11 Å². The number of allylic oxidation sites excluding steroid dienone is 2. The molecule has 0 radical (unpaired) electrons. The summed E-state index contributed by atoms with van der Waals surface area (Å²) in [6.45, 7) is 9.71. The van der Waals surface area contributed by atoms with Gasteiger partial charge in [0.15, 0.2) is 0 Å². The number of nitrogens with zero attached hydrogens (tertiary/aromatic N) is 1. The second-order valence-corrected chi connectivity index (χ2v) is 9.06. The summed E-state index contributed by atoms with van der Waals surface area (Å²) in [7, 11) is 0. The summed E-state index contributed by atoms with van der Waals surface area (Å²) in [5.41, 5.74) is 0. The van der Waals surface area contributed by atoms with Crippen molar-refractivity contribution >= 4 is 17.9 Å². The fourth-order valence-corrected chi connectivity index (χ4v) is 3.55. The van der Waals surface area contributed by atoms with E-state index in [9.17, 15) is 29.7 Å². The van der Waals surface area contributed by atoms with Crippen LogP contribution in [0.25, 0.3) is 0 Å².